The summed E-state index contributed by atoms with van der Waals surface area (Å²) in [6, 6.07) is 0. The normalized spacial score (nSPS) is 28.3. The summed E-state index contributed by atoms with van der Waals surface area (Å²) < 4.78 is 51.8. The molecule has 0 spiro atoms. The largest absolute Gasteiger partial charge is 0.481 e. The number of phosphoric acid groups is 3. The Morgan fingerprint density at radius 3 is 2.48 bits per heavy atom. The Hall–Kier alpha value is -1.23. The van der Waals surface area contributed by atoms with E-state index in [1.165, 1.54) is 4.90 Å². The second-order valence-corrected chi connectivity index (χ2v) is 10.2. The van der Waals surface area contributed by atoms with Gasteiger partial charge in [0.25, 0.3) is 0 Å². The topological polar surface area (TPSA) is 277 Å². The lowest BCUT2D eigenvalue weighted by Crippen LogP contribution is -2.45. The molecule has 3 heterocycles. The maximum atomic E-state index is 11.7. The lowest BCUT2D eigenvalue weighted by Gasteiger charge is -2.27. The summed E-state index contributed by atoms with van der Waals surface area (Å²) in [5.41, 5.74) is 6.03. The number of rotatable bonds is 8. The molecule has 18 nitrogen and oxygen atoms in total. The molecule has 21 heteroatoms. The van der Waals surface area contributed by atoms with Crippen molar-refractivity contribution in [3.63, 3.8) is 0 Å². The third-order valence-corrected chi connectivity index (χ3v) is 6.71. The highest BCUT2D eigenvalue weighted by Gasteiger charge is 2.52. The van der Waals surface area contributed by atoms with Gasteiger partial charge in [0.2, 0.25) is 0 Å². The third kappa shape index (κ3) is 5.97. The smallest absolute Gasteiger partial charge is 0.386 e. The van der Waals surface area contributed by atoms with Gasteiger partial charge in [0.05, 0.1) is 13.3 Å². The van der Waals surface area contributed by atoms with Crippen molar-refractivity contribution in [2.75, 3.05) is 29.2 Å². The van der Waals surface area contributed by atoms with Gasteiger partial charge in [-0.3, -0.25) is 9.05 Å². The van der Waals surface area contributed by atoms with Crippen molar-refractivity contribution in [2.24, 2.45) is 0 Å². The predicted octanol–water partition coefficient (Wildman–Crippen LogP) is -1.96. The van der Waals surface area contributed by atoms with Crippen LogP contribution in [0.1, 0.15) is 0 Å². The van der Waals surface area contributed by atoms with Gasteiger partial charge in [0.1, 0.15) is 30.3 Å². The molecule has 0 saturated carbocycles. The molecular formula is C10H18N5O13P3. The van der Waals surface area contributed by atoms with E-state index in [0.717, 1.165) is 6.33 Å². The number of nitrogens with two attached hydrogens (primary N) is 1. The van der Waals surface area contributed by atoms with Crippen molar-refractivity contribution in [2.45, 2.75) is 24.5 Å². The van der Waals surface area contributed by atoms with E-state index < -0.39 is 54.6 Å². The zero-order valence-corrected chi connectivity index (χ0v) is 17.8. The fourth-order valence-electron chi connectivity index (χ4n) is 2.95. The van der Waals surface area contributed by atoms with Crippen LogP contribution < -0.4 is 16.0 Å². The number of anilines is 3. The van der Waals surface area contributed by atoms with Crippen LogP contribution in [0.4, 0.5) is 17.3 Å². The summed E-state index contributed by atoms with van der Waals surface area (Å²) >= 11 is 0. The highest BCUT2D eigenvalue weighted by atomic mass is 31.3. The summed E-state index contributed by atoms with van der Waals surface area (Å²) in [6.07, 6.45) is -5.35. The van der Waals surface area contributed by atoms with Gasteiger partial charge in [-0.1, -0.05) is 0 Å². The molecule has 0 bridgehead atoms. The Morgan fingerprint density at radius 1 is 1.19 bits per heavy atom. The molecule has 0 aromatic carbocycles. The molecule has 1 saturated heterocycles. The number of ether oxygens (including phenoxy) is 1. The quantitative estimate of drug-likeness (QED) is 0.177. The predicted molar refractivity (Wildman–Crippen MR) is 97.9 cm³/mol. The molecule has 0 radical (unpaired) electrons. The summed E-state index contributed by atoms with van der Waals surface area (Å²) in [5, 5.41) is 13.4. The van der Waals surface area contributed by atoms with E-state index in [4.69, 9.17) is 30.0 Å². The van der Waals surface area contributed by atoms with Crippen LogP contribution in [0.2, 0.25) is 0 Å². The molecular weight excluding hydrogens is 491 g/mol. The molecule has 0 amide bonds. The number of fused-ring (bicyclic) bond motifs is 1. The van der Waals surface area contributed by atoms with Crippen molar-refractivity contribution >= 4 is 40.8 Å². The fourth-order valence-corrected chi connectivity index (χ4v) is 5.13. The van der Waals surface area contributed by atoms with Crippen LogP contribution in [0.25, 0.3) is 0 Å². The van der Waals surface area contributed by atoms with E-state index in [0.29, 0.717) is 5.69 Å². The molecule has 2 aliphatic rings. The Bertz CT molecular complexity index is 969. The van der Waals surface area contributed by atoms with Gasteiger partial charge in [-0.25, -0.2) is 23.7 Å². The molecule has 0 aliphatic carbocycles. The summed E-state index contributed by atoms with van der Waals surface area (Å²) in [5.74, 6) is 0.268. The molecule has 31 heavy (non-hydrogen) atoms. The summed E-state index contributed by atoms with van der Waals surface area (Å²) in [4.78, 5) is 54.0. The van der Waals surface area contributed by atoms with Gasteiger partial charge in [-0.05, 0) is 0 Å². The van der Waals surface area contributed by atoms with E-state index in [1.54, 1.807) is 0 Å². The number of nitrogens with one attached hydrogen (secondary N) is 1. The second-order valence-electron chi connectivity index (χ2n) is 6.22. The van der Waals surface area contributed by atoms with E-state index in [1.807, 2.05) is 0 Å². The second kappa shape index (κ2) is 8.61. The van der Waals surface area contributed by atoms with E-state index >= 15 is 0 Å². The Balaban J connectivity index is 1.81. The Labute approximate surface area is 173 Å². The first-order valence-corrected chi connectivity index (χ1v) is 12.7. The van der Waals surface area contributed by atoms with Crippen LogP contribution in [0, 0.1) is 0 Å². The number of nitrogens with zero attached hydrogens (tertiary/aromatic N) is 3. The van der Waals surface area contributed by atoms with Crippen LogP contribution in [0.3, 0.4) is 0 Å². The van der Waals surface area contributed by atoms with Crippen LogP contribution >= 0.6 is 23.5 Å². The Kier molecular flexibility index (Phi) is 6.78. The molecule has 1 unspecified atom stereocenters. The van der Waals surface area contributed by atoms with E-state index in [-0.39, 0.29) is 18.3 Å². The van der Waals surface area contributed by atoms with Crippen LogP contribution in [0.5, 0.6) is 0 Å². The maximum Gasteiger partial charge on any atom is 0.481 e. The van der Waals surface area contributed by atoms with Gasteiger partial charge in [0, 0.05) is 0 Å². The number of nitrogen functional groups attached to an aromatic ring is 1. The van der Waals surface area contributed by atoms with Gasteiger partial charge < -0.3 is 50.3 Å². The van der Waals surface area contributed by atoms with Crippen molar-refractivity contribution < 1.29 is 61.4 Å². The van der Waals surface area contributed by atoms with Crippen LogP contribution in [-0.2, 0) is 31.8 Å². The molecule has 5 atom stereocenters. The standard InChI is InChI=1S/C10H18N5O13P3/c11-8-5-9(13-2-12-8)15(3-14-5)10-6(16)7(27-29(17,18)19)4(26-10)1-25-31(23,24)28-30(20,21)22/h2,4,6-7,10,14,16H,1,3H2,(H,23,24)(H2,11,12,13)(H2,17,18,19)(H2,20,21,22)/t4-,6-,7-,10-/m1/s1. The Morgan fingerprint density at radius 2 is 1.87 bits per heavy atom. The molecule has 1 fully saturated rings. The summed E-state index contributed by atoms with van der Waals surface area (Å²) in [6.45, 7) is -1.03. The zero-order chi connectivity index (χ0) is 23.2. The van der Waals surface area contributed by atoms with Gasteiger partial charge in [-0.2, -0.15) is 4.31 Å². The van der Waals surface area contributed by atoms with Gasteiger partial charge in [-0.15, -0.1) is 0 Å². The molecule has 2 aliphatic heterocycles. The van der Waals surface area contributed by atoms with Crippen molar-refractivity contribution in [1.29, 1.82) is 0 Å². The van der Waals surface area contributed by atoms with Crippen molar-refractivity contribution in [3.05, 3.63) is 6.33 Å². The minimum atomic E-state index is -5.41. The van der Waals surface area contributed by atoms with Crippen LogP contribution in [0.15, 0.2) is 6.33 Å². The summed E-state index contributed by atoms with van der Waals surface area (Å²) in [7, 11) is -15.9. The lowest BCUT2D eigenvalue weighted by molar-refractivity contribution is -0.0211. The minimum Gasteiger partial charge on any atom is -0.386 e. The first kappa shape index (κ1) is 24.4. The van der Waals surface area contributed by atoms with Crippen molar-refractivity contribution in [3.8, 4) is 0 Å². The maximum absolute atomic E-state index is 11.7. The number of hydrogen-bond acceptors (Lipinski definition) is 13. The molecule has 1 aromatic heterocycles. The monoisotopic (exact) mass is 509 g/mol. The number of aromatic nitrogens is 2. The van der Waals surface area contributed by atoms with Crippen molar-refractivity contribution in [1.82, 2.24) is 9.97 Å². The molecule has 1 aromatic rings. The number of phosphoric ester groups is 2. The third-order valence-electron chi connectivity index (χ3n) is 4.04. The first-order valence-electron chi connectivity index (χ1n) is 8.09. The highest BCUT2D eigenvalue weighted by Crippen LogP contribution is 2.58. The molecule has 176 valence electrons. The van der Waals surface area contributed by atoms with Gasteiger partial charge >= 0.3 is 23.5 Å². The van der Waals surface area contributed by atoms with Gasteiger partial charge in [0.15, 0.2) is 17.9 Å². The number of aliphatic hydroxyl groups is 1. The average molecular weight is 509 g/mol. The highest BCUT2D eigenvalue weighted by molar-refractivity contribution is 7.60. The average Bonchev–Trinajstić information content (AvgIpc) is 3.13. The number of aliphatic hydroxyl groups excluding tert-OH is 1. The first-order chi connectivity index (χ1) is 14.2. The molecule has 3 rings (SSSR count). The minimum absolute atomic E-state index is 0.0179. The number of hydrogen-bond donors (Lipinski definition) is 8. The fraction of sp³-hybridized carbons (Fsp3) is 0.600. The molecule has 9 N–H and O–H groups in total. The SMILES string of the molecule is Nc1ncnc2c1NCN2[C@@H]1O[C@H](COP(=O)(O)OP(=O)(O)O)[C@@H](OP(=O)(O)O)[C@H]1O. The zero-order valence-electron chi connectivity index (χ0n) is 15.1. The van der Waals surface area contributed by atoms with E-state index in [2.05, 4.69) is 28.6 Å². The van der Waals surface area contributed by atoms with Crippen LogP contribution in [-0.4, -0.2) is 77.4 Å². The van der Waals surface area contributed by atoms with E-state index in [9.17, 15) is 23.7 Å². The lowest BCUT2D eigenvalue weighted by atomic mass is 10.1.